The fourth-order valence-corrected chi connectivity index (χ4v) is 4.08. The Morgan fingerprint density at radius 2 is 1.87 bits per heavy atom. The molecule has 1 aliphatic rings. The van der Waals surface area contributed by atoms with Crippen LogP contribution in [-0.2, 0) is 11.4 Å². The molecule has 5 heteroatoms. The predicted octanol–water partition coefficient (Wildman–Crippen LogP) is 6.71. The number of ether oxygens (including phenoxy) is 1. The summed E-state index contributed by atoms with van der Waals surface area (Å²) in [5, 5.41) is 0. The molecule has 0 atom stereocenters. The van der Waals surface area contributed by atoms with Crippen molar-refractivity contribution in [2.75, 3.05) is 11.4 Å². The summed E-state index contributed by atoms with van der Waals surface area (Å²) >= 11 is 3.51. The molecule has 158 valence electrons. The highest BCUT2D eigenvalue weighted by Gasteiger charge is 2.32. The third kappa shape index (κ3) is 4.72. The highest BCUT2D eigenvalue weighted by molar-refractivity contribution is 9.10. The Kier molecular flexibility index (Phi) is 6.23. The summed E-state index contributed by atoms with van der Waals surface area (Å²) in [7, 11) is 0. The number of halogens is 2. The van der Waals surface area contributed by atoms with Gasteiger partial charge in [0.1, 0.15) is 18.2 Å². The summed E-state index contributed by atoms with van der Waals surface area (Å²) in [6.07, 6.45) is 1.88. The van der Waals surface area contributed by atoms with E-state index in [0.29, 0.717) is 23.8 Å². The second-order valence-corrected chi connectivity index (χ2v) is 8.90. The molecule has 0 saturated carbocycles. The number of amides is 1. The van der Waals surface area contributed by atoms with Gasteiger partial charge in [-0.3, -0.25) is 4.79 Å². The summed E-state index contributed by atoms with van der Waals surface area (Å²) in [6, 6.07) is 19.9. The van der Waals surface area contributed by atoms with E-state index in [9.17, 15) is 9.18 Å². The van der Waals surface area contributed by atoms with Crippen LogP contribution >= 0.6 is 15.9 Å². The normalized spacial score (nSPS) is 14.4. The van der Waals surface area contributed by atoms with Crippen molar-refractivity contribution < 1.29 is 13.9 Å². The third-order valence-corrected chi connectivity index (χ3v) is 5.56. The van der Waals surface area contributed by atoms with Crippen LogP contribution < -0.4 is 9.64 Å². The summed E-state index contributed by atoms with van der Waals surface area (Å²) in [6.45, 7) is 5.10. The minimum atomic E-state index is -0.294. The van der Waals surface area contributed by atoms with Crippen LogP contribution in [0.5, 0.6) is 5.75 Å². The van der Waals surface area contributed by atoms with Crippen LogP contribution in [0.3, 0.4) is 0 Å². The van der Waals surface area contributed by atoms with Crippen molar-refractivity contribution in [1.29, 1.82) is 0 Å². The molecular weight excluding hydrogens is 457 g/mol. The lowest BCUT2D eigenvalue weighted by atomic mass is 10.0. The molecule has 0 unspecified atom stereocenters. The van der Waals surface area contributed by atoms with E-state index in [1.54, 1.807) is 6.07 Å². The molecule has 31 heavy (non-hydrogen) atoms. The zero-order chi connectivity index (χ0) is 22.0. The first kappa shape index (κ1) is 21.3. The minimum absolute atomic E-state index is 0.00837. The summed E-state index contributed by atoms with van der Waals surface area (Å²) in [5.41, 5.74) is 4.03. The van der Waals surface area contributed by atoms with Gasteiger partial charge < -0.3 is 9.64 Å². The first-order valence-corrected chi connectivity index (χ1v) is 11.0. The number of nitrogens with zero attached hydrogens (tertiary/aromatic N) is 1. The zero-order valence-electron chi connectivity index (χ0n) is 17.4. The summed E-state index contributed by atoms with van der Waals surface area (Å²) in [5.74, 6) is 0.684. The van der Waals surface area contributed by atoms with Crippen molar-refractivity contribution in [2.24, 2.45) is 5.92 Å². The molecule has 0 aromatic heterocycles. The molecule has 1 aliphatic heterocycles. The molecular formula is C26H23BrFNO2. The maximum Gasteiger partial charge on any atom is 0.259 e. The van der Waals surface area contributed by atoms with E-state index in [0.717, 1.165) is 26.9 Å². The van der Waals surface area contributed by atoms with Crippen LogP contribution in [-0.4, -0.2) is 12.5 Å². The van der Waals surface area contributed by atoms with Gasteiger partial charge in [0, 0.05) is 27.7 Å². The van der Waals surface area contributed by atoms with Gasteiger partial charge in [0.05, 0.1) is 5.69 Å². The van der Waals surface area contributed by atoms with Gasteiger partial charge in [0.15, 0.2) is 0 Å². The molecule has 0 spiro atoms. The van der Waals surface area contributed by atoms with Gasteiger partial charge in [-0.1, -0.05) is 60.1 Å². The molecule has 0 saturated heterocycles. The number of benzene rings is 3. The summed E-state index contributed by atoms with van der Waals surface area (Å²) in [4.78, 5) is 15.1. The molecule has 1 amide bonds. The van der Waals surface area contributed by atoms with Crippen LogP contribution in [0.2, 0.25) is 0 Å². The SMILES string of the molecule is CC(C)CN1C(=O)/C(=C\c2cc(Br)ccc2OCc2cccc(F)c2)c2ccccc21. The van der Waals surface area contributed by atoms with Crippen molar-refractivity contribution in [3.8, 4) is 5.75 Å². The Labute approximate surface area is 190 Å². The predicted molar refractivity (Wildman–Crippen MR) is 126 cm³/mol. The number of anilines is 1. The number of para-hydroxylation sites is 1. The van der Waals surface area contributed by atoms with Crippen molar-refractivity contribution >= 4 is 39.2 Å². The molecule has 0 fully saturated rings. The van der Waals surface area contributed by atoms with Crippen molar-refractivity contribution in [3.63, 3.8) is 0 Å². The van der Waals surface area contributed by atoms with Crippen LogP contribution in [0.25, 0.3) is 11.6 Å². The second kappa shape index (κ2) is 9.06. The molecule has 1 heterocycles. The van der Waals surface area contributed by atoms with Crippen LogP contribution in [0.4, 0.5) is 10.1 Å². The Balaban J connectivity index is 1.69. The number of carbonyl (C=O) groups is 1. The number of hydrogen-bond acceptors (Lipinski definition) is 2. The Morgan fingerprint density at radius 1 is 1.06 bits per heavy atom. The highest BCUT2D eigenvalue weighted by Crippen LogP contribution is 2.39. The second-order valence-electron chi connectivity index (χ2n) is 7.99. The van der Waals surface area contributed by atoms with E-state index >= 15 is 0 Å². The number of carbonyl (C=O) groups excluding carboxylic acids is 1. The van der Waals surface area contributed by atoms with E-state index in [2.05, 4.69) is 29.8 Å². The maximum atomic E-state index is 13.5. The van der Waals surface area contributed by atoms with Gasteiger partial charge in [-0.15, -0.1) is 0 Å². The van der Waals surface area contributed by atoms with Gasteiger partial charge in [0.2, 0.25) is 0 Å². The highest BCUT2D eigenvalue weighted by atomic mass is 79.9. The van der Waals surface area contributed by atoms with Crippen molar-refractivity contribution in [2.45, 2.75) is 20.5 Å². The van der Waals surface area contributed by atoms with E-state index in [-0.39, 0.29) is 18.3 Å². The minimum Gasteiger partial charge on any atom is -0.488 e. The van der Waals surface area contributed by atoms with Gasteiger partial charge in [-0.05, 0) is 54.0 Å². The van der Waals surface area contributed by atoms with Gasteiger partial charge in [0.25, 0.3) is 5.91 Å². The first-order valence-electron chi connectivity index (χ1n) is 10.2. The van der Waals surface area contributed by atoms with Gasteiger partial charge in [-0.25, -0.2) is 4.39 Å². The van der Waals surface area contributed by atoms with Crippen molar-refractivity contribution in [3.05, 3.63) is 93.7 Å². The summed E-state index contributed by atoms with van der Waals surface area (Å²) < 4.78 is 20.4. The van der Waals surface area contributed by atoms with Crippen molar-refractivity contribution in [1.82, 2.24) is 0 Å². The first-order chi connectivity index (χ1) is 14.9. The van der Waals surface area contributed by atoms with Crippen LogP contribution in [0.15, 0.2) is 71.2 Å². The Hall–Kier alpha value is -2.92. The standard InChI is InChI=1S/C26H23BrFNO2/c1-17(2)15-29-24-9-4-3-8-22(24)23(26(29)30)14-19-13-20(27)10-11-25(19)31-16-18-6-5-7-21(28)12-18/h3-14,17H,15-16H2,1-2H3/b23-14-. The molecule has 0 bridgehead atoms. The number of rotatable bonds is 6. The molecule has 4 rings (SSSR count). The lowest BCUT2D eigenvalue weighted by Gasteiger charge is -2.19. The van der Waals surface area contributed by atoms with E-state index < -0.39 is 0 Å². The lowest BCUT2D eigenvalue weighted by molar-refractivity contribution is -0.113. The monoisotopic (exact) mass is 479 g/mol. The van der Waals surface area contributed by atoms with Gasteiger partial charge in [-0.2, -0.15) is 0 Å². The largest absolute Gasteiger partial charge is 0.488 e. The fraction of sp³-hybridized carbons (Fsp3) is 0.192. The maximum absolute atomic E-state index is 13.5. The Morgan fingerprint density at radius 3 is 2.65 bits per heavy atom. The topological polar surface area (TPSA) is 29.5 Å². The quantitative estimate of drug-likeness (QED) is 0.367. The van der Waals surface area contributed by atoms with E-state index in [1.165, 1.54) is 12.1 Å². The third-order valence-electron chi connectivity index (χ3n) is 5.06. The van der Waals surface area contributed by atoms with Crippen LogP contribution in [0, 0.1) is 11.7 Å². The zero-order valence-corrected chi connectivity index (χ0v) is 19.0. The molecule has 3 nitrogen and oxygen atoms in total. The lowest BCUT2D eigenvalue weighted by Crippen LogP contribution is -2.30. The van der Waals surface area contributed by atoms with E-state index in [1.807, 2.05) is 59.5 Å². The average Bonchev–Trinajstić information content (AvgIpc) is 2.99. The molecule has 3 aromatic carbocycles. The number of fused-ring (bicyclic) bond motifs is 1. The smallest absolute Gasteiger partial charge is 0.259 e. The fourth-order valence-electron chi connectivity index (χ4n) is 3.70. The molecule has 0 radical (unpaired) electrons. The molecule has 0 N–H and O–H groups in total. The Bertz CT molecular complexity index is 1160. The van der Waals surface area contributed by atoms with E-state index in [4.69, 9.17) is 4.74 Å². The molecule has 3 aromatic rings. The number of hydrogen-bond donors (Lipinski definition) is 0. The van der Waals surface area contributed by atoms with Gasteiger partial charge >= 0.3 is 0 Å². The average molecular weight is 480 g/mol. The van der Waals surface area contributed by atoms with Crippen LogP contribution in [0.1, 0.15) is 30.5 Å². The molecule has 0 aliphatic carbocycles.